The highest BCUT2D eigenvalue weighted by molar-refractivity contribution is 9.10. The van der Waals surface area contributed by atoms with Crippen molar-refractivity contribution in [2.24, 2.45) is 5.92 Å². The van der Waals surface area contributed by atoms with Gasteiger partial charge in [0.05, 0.1) is 0 Å². The fourth-order valence-electron chi connectivity index (χ4n) is 2.14. The smallest absolute Gasteiger partial charge is 0.306 e. The Morgan fingerprint density at radius 2 is 2.17 bits per heavy atom. The van der Waals surface area contributed by atoms with E-state index in [4.69, 9.17) is 4.74 Å². The van der Waals surface area contributed by atoms with Gasteiger partial charge in [-0.2, -0.15) is 0 Å². The van der Waals surface area contributed by atoms with E-state index in [0.717, 1.165) is 36.0 Å². The van der Waals surface area contributed by atoms with Crippen molar-refractivity contribution >= 4 is 21.9 Å². The number of ether oxygens (including phenoxy) is 1. The highest BCUT2D eigenvalue weighted by atomic mass is 79.9. The number of rotatable bonds is 4. The Labute approximate surface area is 116 Å². The molecule has 1 unspecified atom stereocenters. The molecule has 1 aromatic rings. The Morgan fingerprint density at radius 1 is 1.39 bits per heavy atom. The summed E-state index contributed by atoms with van der Waals surface area (Å²) < 4.78 is 6.32. The minimum absolute atomic E-state index is 0.0911. The monoisotopic (exact) mass is 311 g/mol. The molecule has 2 rings (SSSR count). The largest absolute Gasteiger partial charge is 0.461 e. The summed E-state index contributed by atoms with van der Waals surface area (Å²) in [5.41, 5.74) is 1.02. The third kappa shape index (κ3) is 4.42. The molecule has 1 heterocycles. The molecule has 3 nitrogen and oxygen atoms in total. The molecule has 1 atom stereocenters. The van der Waals surface area contributed by atoms with Crippen molar-refractivity contribution in [1.29, 1.82) is 0 Å². The van der Waals surface area contributed by atoms with Gasteiger partial charge in [-0.1, -0.05) is 28.1 Å². The number of nitrogens with one attached hydrogen (secondary N) is 1. The first-order valence-corrected chi connectivity index (χ1v) is 7.14. The van der Waals surface area contributed by atoms with E-state index in [0.29, 0.717) is 18.9 Å². The Bertz CT molecular complexity index is 385. The van der Waals surface area contributed by atoms with Crippen LogP contribution in [-0.4, -0.2) is 19.1 Å². The summed E-state index contributed by atoms with van der Waals surface area (Å²) in [5, 5.41) is 3.31. The van der Waals surface area contributed by atoms with E-state index in [1.54, 1.807) is 0 Å². The maximum Gasteiger partial charge on any atom is 0.306 e. The highest BCUT2D eigenvalue weighted by Crippen LogP contribution is 2.16. The van der Waals surface area contributed by atoms with Crippen molar-refractivity contribution in [3.05, 3.63) is 34.3 Å². The van der Waals surface area contributed by atoms with Crippen molar-refractivity contribution in [2.75, 3.05) is 13.1 Å². The molecule has 0 amide bonds. The van der Waals surface area contributed by atoms with Crippen LogP contribution in [0.2, 0.25) is 0 Å². The Hall–Kier alpha value is -0.870. The van der Waals surface area contributed by atoms with Gasteiger partial charge in [0.1, 0.15) is 6.61 Å². The van der Waals surface area contributed by atoms with Gasteiger partial charge in [-0.15, -0.1) is 0 Å². The lowest BCUT2D eigenvalue weighted by molar-refractivity contribution is -0.146. The van der Waals surface area contributed by atoms with Crippen LogP contribution in [0.15, 0.2) is 28.7 Å². The molecule has 1 aliphatic rings. The molecule has 98 valence electrons. The van der Waals surface area contributed by atoms with E-state index >= 15 is 0 Å². The fraction of sp³-hybridized carbons (Fsp3) is 0.500. The molecule has 0 aromatic heterocycles. The molecule has 0 bridgehead atoms. The zero-order valence-corrected chi connectivity index (χ0v) is 11.9. The SMILES string of the molecule is O=C(CC1CCCNC1)OCc1ccc(Br)cc1. The average Bonchev–Trinajstić information content (AvgIpc) is 2.39. The van der Waals surface area contributed by atoms with Crippen LogP contribution in [0, 0.1) is 5.92 Å². The number of carbonyl (C=O) groups excluding carboxylic acids is 1. The first-order valence-electron chi connectivity index (χ1n) is 6.35. The second-order valence-electron chi connectivity index (χ2n) is 4.70. The van der Waals surface area contributed by atoms with Crippen LogP contribution < -0.4 is 5.32 Å². The molecule has 1 aromatic carbocycles. The van der Waals surface area contributed by atoms with Crippen LogP contribution in [0.4, 0.5) is 0 Å². The summed E-state index contributed by atoms with van der Waals surface area (Å²) in [6.07, 6.45) is 2.81. The maximum absolute atomic E-state index is 11.7. The predicted octanol–water partition coefficient (Wildman–Crippen LogP) is 2.88. The zero-order valence-electron chi connectivity index (χ0n) is 10.3. The molecule has 0 spiro atoms. The summed E-state index contributed by atoms with van der Waals surface area (Å²) in [6, 6.07) is 7.82. The van der Waals surface area contributed by atoms with Crippen molar-refractivity contribution in [3.8, 4) is 0 Å². The van der Waals surface area contributed by atoms with Gasteiger partial charge in [-0.3, -0.25) is 4.79 Å². The summed E-state index contributed by atoms with van der Waals surface area (Å²) in [5.74, 6) is 0.350. The van der Waals surface area contributed by atoms with Gasteiger partial charge in [-0.05, 0) is 49.5 Å². The standard InChI is InChI=1S/C14H18BrNO2/c15-13-5-3-11(4-6-13)10-18-14(17)8-12-2-1-7-16-9-12/h3-6,12,16H,1-2,7-10H2. The minimum Gasteiger partial charge on any atom is -0.461 e. The first kappa shape index (κ1) is 13.6. The van der Waals surface area contributed by atoms with Crippen molar-refractivity contribution in [3.63, 3.8) is 0 Å². The summed E-state index contributed by atoms with van der Waals surface area (Å²) >= 11 is 3.38. The van der Waals surface area contributed by atoms with E-state index in [9.17, 15) is 4.79 Å². The van der Waals surface area contributed by atoms with Gasteiger partial charge in [-0.25, -0.2) is 0 Å². The predicted molar refractivity (Wildman–Crippen MR) is 74.1 cm³/mol. The van der Waals surface area contributed by atoms with Crippen LogP contribution in [0.3, 0.4) is 0 Å². The van der Waals surface area contributed by atoms with Crippen molar-refractivity contribution in [2.45, 2.75) is 25.9 Å². The molecule has 1 N–H and O–H groups in total. The summed E-state index contributed by atoms with van der Waals surface area (Å²) in [6.45, 7) is 2.38. The number of halogens is 1. The van der Waals surface area contributed by atoms with Crippen LogP contribution in [0.5, 0.6) is 0 Å². The Morgan fingerprint density at radius 3 is 2.83 bits per heavy atom. The molecule has 18 heavy (non-hydrogen) atoms. The number of hydrogen-bond donors (Lipinski definition) is 1. The maximum atomic E-state index is 11.7. The summed E-state index contributed by atoms with van der Waals surface area (Å²) in [4.78, 5) is 11.7. The quantitative estimate of drug-likeness (QED) is 0.869. The van der Waals surface area contributed by atoms with Gasteiger partial charge < -0.3 is 10.1 Å². The van der Waals surface area contributed by atoms with E-state index in [1.807, 2.05) is 24.3 Å². The van der Waals surface area contributed by atoms with Gasteiger partial charge >= 0.3 is 5.97 Å². The van der Waals surface area contributed by atoms with Crippen LogP contribution >= 0.6 is 15.9 Å². The molecule has 1 fully saturated rings. The number of hydrogen-bond acceptors (Lipinski definition) is 3. The second kappa shape index (κ2) is 6.90. The molecule has 0 radical (unpaired) electrons. The lowest BCUT2D eigenvalue weighted by Gasteiger charge is -2.21. The van der Waals surface area contributed by atoms with E-state index in [-0.39, 0.29) is 5.97 Å². The third-order valence-corrected chi connectivity index (χ3v) is 3.70. The second-order valence-corrected chi connectivity index (χ2v) is 5.62. The fourth-order valence-corrected chi connectivity index (χ4v) is 2.40. The van der Waals surface area contributed by atoms with Gasteiger partial charge in [0, 0.05) is 10.9 Å². The molecular weight excluding hydrogens is 294 g/mol. The third-order valence-electron chi connectivity index (χ3n) is 3.17. The van der Waals surface area contributed by atoms with E-state index in [1.165, 1.54) is 0 Å². The van der Waals surface area contributed by atoms with Crippen LogP contribution in [0.1, 0.15) is 24.8 Å². The van der Waals surface area contributed by atoms with E-state index < -0.39 is 0 Å². The first-order chi connectivity index (χ1) is 8.74. The molecule has 0 saturated carbocycles. The normalized spacial score (nSPS) is 19.5. The molecule has 1 aliphatic heterocycles. The topological polar surface area (TPSA) is 38.3 Å². The van der Waals surface area contributed by atoms with Crippen LogP contribution in [-0.2, 0) is 16.1 Å². The number of benzene rings is 1. The Kier molecular flexibility index (Phi) is 5.20. The highest BCUT2D eigenvalue weighted by Gasteiger charge is 2.17. The Balaban J connectivity index is 1.72. The molecule has 0 aliphatic carbocycles. The lowest BCUT2D eigenvalue weighted by atomic mass is 9.96. The van der Waals surface area contributed by atoms with Gasteiger partial charge in [0.2, 0.25) is 0 Å². The minimum atomic E-state index is -0.0911. The number of carbonyl (C=O) groups is 1. The van der Waals surface area contributed by atoms with Crippen molar-refractivity contribution in [1.82, 2.24) is 5.32 Å². The van der Waals surface area contributed by atoms with Crippen molar-refractivity contribution < 1.29 is 9.53 Å². The molecule has 1 saturated heterocycles. The lowest BCUT2D eigenvalue weighted by Crippen LogP contribution is -2.31. The van der Waals surface area contributed by atoms with Gasteiger partial charge in [0.25, 0.3) is 0 Å². The molecular formula is C14H18BrNO2. The van der Waals surface area contributed by atoms with Gasteiger partial charge in [0.15, 0.2) is 0 Å². The average molecular weight is 312 g/mol. The van der Waals surface area contributed by atoms with E-state index in [2.05, 4.69) is 21.2 Å². The summed E-state index contributed by atoms with van der Waals surface area (Å²) in [7, 11) is 0. The zero-order chi connectivity index (χ0) is 12.8. The molecule has 4 heteroatoms. The number of esters is 1. The number of piperidine rings is 1. The van der Waals surface area contributed by atoms with Crippen LogP contribution in [0.25, 0.3) is 0 Å².